The van der Waals surface area contributed by atoms with Crippen LogP contribution in [-0.4, -0.2) is 18.6 Å². The van der Waals surface area contributed by atoms with Gasteiger partial charge in [-0.05, 0) is 49.7 Å². The maximum atomic E-state index is 3.71. The van der Waals surface area contributed by atoms with Gasteiger partial charge in [0.15, 0.2) is 0 Å². The first-order chi connectivity index (χ1) is 8.26. The summed E-state index contributed by atoms with van der Waals surface area (Å²) in [5.41, 5.74) is 1.80. The van der Waals surface area contributed by atoms with Crippen LogP contribution in [0.1, 0.15) is 43.0 Å². The molecule has 0 amide bonds. The van der Waals surface area contributed by atoms with E-state index in [9.17, 15) is 0 Å². The molecule has 2 N–H and O–H groups in total. The van der Waals surface area contributed by atoms with Crippen molar-refractivity contribution >= 4 is 11.3 Å². The van der Waals surface area contributed by atoms with Crippen LogP contribution in [0, 0.1) is 6.92 Å². The minimum absolute atomic E-state index is 0.375. The summed E-state index contributed by atoms with van der Waals surface area (Å²) in [6, 6.07) is 2.21. The number of rotatable bonds is 6. The lowest BCUT2D eigenvalue weighted by molar-refractivity contribution is 0.325. The Morgan fingerprint density at radius 3 is 3.00 bits per heavy atom. The molecular weight excluding hydrogens is 228 g/mol. The van der Waals surface area contributed by atoms with E-state index >= 15 is 0 Å². The van der Waals surface area contributed by atoms with Gasteiger partial charge in [0.25, 0.3) is 0 Å². The van der Waals surface area contributed by atoms with E-state index in [0.717, 1.165) is 13.1 Å². The molecule has 1 fully saturated rings. The van der Waals surface area contributed by atoms with Gasteiger partial charge in [-0.3, -0.25) is 0 Å². The third-order valence-electron chi connectivity index (χ3n) is 3.78. The van der Waals surface area contributed by atoms with Crippen molar-refractivity contribution in [2.24, 2.45) is 0 Å². The van der Waals surface area contributed by atoms with E-state index in [4.69, 9.17) is 0 Å². The van der Waals surface area contributed by atoms with Crippen molar-refractivity contribution in [2.45, 2.75) is 51.6 Å². The maximum absolute atomic E-state index is 3.71. The summed E-state index contributed by atoms with van der Waals surface area (Å²) in [6.07, 6.45) is 5.23. The zero-order chi connectivity index (χ0) is 12.1. The monoisotopic (exact) mass is 252 g/mol. The van der Waals surface area contributed by atoms with Crippen LogP contribution in [0.5, 0.6) is 0 Å². The Morgan fingerprint density at radius 2 is 2.41 bits per heavy atom. The van der Waals surface area contributed by atoms with Crippen molar-refractivity contribution in [3.8, 4) is 0 Å². The van der Waals surface area contributed by atoms with Gasteiger partial charge in [0.2, 0.25) is 0 Å². The predicted octanol–water partition coefficient (Wildman–Crippen LogP) is 3.07. The first-order valence-electron chi connectivity index (χ1n) is 6.74. The van der Waals surface area contributed by atoms with Gasteiger partial charge < -0.3 is 10.6 Å². The quantitative estimate of drug-likeness (QED) is 0.813. The third kappa shape index (κ3) is 3.30. The third-order valence-corrected chi connectivity index (χ3v) is 4.80. The lowest BCUT2D eigenvalue weighted by atomic mass is 9.92. The fraction of sp³-hybridized carbons (Fsp3) is 0.714. The van der Waals surface area contributed by atoms with Gasteiger partial charge in [-0.15, -0.1) is 11.3 Å². The van der Waals surface area contributed by atoms with E-state index in [0.29, 0.717) is 5.54 Å². The fourth-order valence-electron chi connectivity index (χ4n) is 2.80. The minimum atomic E-state index is 0.375. The van der Waals surface area contributed by atoms with Crippen LogP contribution >= 0.6 is 11.3 Å². The van der Waals surface area contributed by atoms with Crippen molar-refractivity contribution in [2.75, 3.05) is 13.1 Å². The largest absolute Gasteiger partial charge is 0.310 e. The molecule has 1 atom stereocenters. The molecular formula is C14H24N2S. The second-order valence-electron chi connectivity index (χ2n) is 5.19. The summed E-state index contributed by atoms with van der Waals surface area (Å²) >= 11 is 1.86. The summed E-state index contributed by atoms with van der Waals surface area (Å²) in [4.78, 5) is 1.48. The minimum Gasteiger partial charge on any atom is -0.310 e. The second-order valence-corrected chi connectivity index (χ2v) is 6.19. The van der Waals surface area contributed by atoms with Gasteiger partial charge in [-0.1, -0.05) is 13.3 Å². The molecule has 1 aromatic heterocycles. The number of aryl methyl sites for hydroxylation is 1. The molecule has 2 rings (SSSR count). The van der Waals surface area contributed by atoms with E-state index in [1.54, 1.807) is 0 Å². The molecule has 3 heteroatoms. The number of hydrogen-bond donors (Lipinski definition) is 2. The number of nitrogens with one attached hydrogen (secondary N) is 2. The van der Waals surface area contributed by atoms with Gasteiger partial charge in [0, 0.05) is 23.5 Å². The molecule has 1 saturated heterocycles. The lowest BCUT2D eigenvalue weighted by Crippen LogP contribution is -2.48. The molecule has 1 aliphatic rings. The Labute approximate surface area is 109 Å². The Balaban J connectivity index is 1.82. The summed E-state index contributed by atoms with van der Waals surface area (Å²) < 4.78 is 0. The standard InChI is InChI=1S/C14H24N2S/c1-3-6-14(7-4-8-16-14)11-15-10-13-12(2)5-9-17-13/h5,9,15-16H,3-4,6-8,10-11H2,1-2H3. The smallest absolute Gasteiger partial charge is 0.0306 e. The molecule has 1 unspecified atom stereocenters. The van der Waals surface area contributed by atoms with Crippen LogP contribution in [0.25, 0.3) is 0 Å². The van der Waals surface area contributed by atoms with Gasteiger partial charge in [-0.2, -0.15) is 0 Å². The number of thiophene rings is 1. The zero-order valence-corrected chi connectivity index (χ0v) is 11.8. The van der Waals surface area contributed by atoms with Crippen LogP contribution in [0.4, 0.5) is 0 Å². The van der Waals surface area contributed by atoms with E-state index in [-0.39, 0.29) is 0 Å². The molecule has 0 radical (unpaired) electrons. The van der Waals surface area contributed by atoms with Crippen LogP contribution in [-0.2, 0) is 6.54 Å². The molecule has 17 heavy (non-hydrogen) atoms. The summed E-state index contributed by atoms with van der Waals surface area (Å²) in [5.74, 6) is 0. The topological polar surface area (TPSA) is 24.1 Å². The van der Waals surface area contributed by atoms with Crippen molar-refractivity contribution < 1.29 is 0 Å². The lowest BCUT2D eigenvalue weighted by Gasteiger charge is -2.29. The van der Waals surface area contributed by atoms with Gasteiger partial charge in [-0.25, -0.2) is 0 Å². The molecule has 2 nitrogen and oxygen atoms in total. The Kier molecular flexibility index (Phi) is 4.60. The fourth-order valence-corrected chi connectivity index (χ4v) is 3.68. The highest BCUT2D eigenvalue weighted by Crippen LogP contribution is 2.24. The van der Waals surface area contributed by atoms with Crippen molar-refractivity contribution in [1.29, 1.82) is 0 Å². The summed E-state index contributed by atoms with van der Waals surface area (Å²) in [6.45, 7) is 7.81. The highest BCUT2D eigenvalue weighted by Gasteiger charge is 2.31. The van der Waals surface area contributed by atoms with Crippen LogP contribution in [0.15, 0.2) is 11.4 Å². The Morgan fingerprint density at radius 1 is 1.53 bits per heavy atom. The summed E-state index contributed by atoms with van der Waals surface area (Å²) in [5, 5.41) is 9.53. The molecule has 96 valence electrons. The predicted molar refractivity (Wildman–Crippen MR) is 75.6 cm³/mol. The van der Waals surface area contributed by atoms with Crippen LogP contribution < -0.4 is 10.6 Å². The SMILES string of the molecule is CCCC1(CNCc2sccc2C)CCCN1. The van der Waals surface area contributed by atoms with E-state index in [2.05, 4.69) is 35.9 Å². The van der Waals surface area contributed by atoms with Crippen molar-refractivity contribution in [3.05, 3.63) is 21.9 Å². The highest BCUT2D eigenvalue weighted by molar-refractivity contribution is 7.10. The molecule has 0 bridgehead atoms. The molecule has 1 aromatic rings. The average molecular weight is 252 g/mol. The molecule has 0 aromatic carbocycles. The van der Waals surface area contributed by atoms with E-state index < -0.39 is 0 Å². The van der Waals surface area contributed by atoms with Crippen LogP contribution in [0.3, 0.4) is 0 Å². The van der Waals surface area contributed by atoms with E-state index in [1.807, 2.05) is 11.3 Å². The van der Waals surface area contributed by atoms with E-state index in [1.165, 1.54) is 42.7 Å². The summed E-state index contributed by atoms with van der Waals surface area (Å²) in [7, 11) is 0. The number of hydrogen-bond acceptors (Lipinski definition) is 3. The van der Waals surface area contributed by atoms with Crippen molar-refractivity contribution in [3.63, 3.8) is 0 Å². The molecule has 0 spiro atoms. The highest BCUT2D eigenvalue weighted by atomic mass is 32.1. The normalized spacial score (nSPS) is 24.4. The second kappa shape index (κ2) is 5.98. The Bertz CT molecular complexity index is 340. The molecule has 0 saturated carbocycles. The van der Waals surface area contributed by atoms with Crippen LogP contribution in [0.2, 0.25) is 0 Å². The van der Waals surface area contributed by atoms with Gasteiger partial charge >= 0.3 is 0 Å². The van der Waals surface area contributed by atoms with Gasteiger partial charge in [0.1, 0.15) is 0 Å². The average Bonchev–Trinajstić information content (AvgIpc) is 2.91. The first-order valence-corrected chi connectivity index (χ1v) is 7.62. The Hall–Kier alpha value is -0.380. The van der Waals surface area contributed by atoms with Gasteiger partial charge in [0.05, 0.1) is 0 Å². The van der Waals surface area contributed by atoms with Crippen molar-refractivity contribution in [1.82, 2.24) is 10.6 Å². The molecule has 0 aliphatic carbocycles. The first kappa shape index (κ1) is 13.1. The molecule has 1 aliphatic heterocycles. The maximum Gasteiger partial charge on any atom is 0.0306 e. The zero-order valence-electron chi connectivity index (χ0n) is 11.0. The molecule has 2 heterocycles.